The monoisotopic (exact) mass is 297 g/mol. The molecule has 0 N–H and O–H groups in total. The van der Waals surface area contributed by atoms with Crippen molar-refractivity contribution in [3.05, 3.63) is 75.8 Å². The Morgan fingerprint density at radius 3 is 2.06 bits per heavy atom. The van der Waals surface area contributed by atoms with Crippen molar-refractivity contribution in [2.75, 3.05) is 0 Å². The molecule has 0 aromatic heterocycles. The van der Waals surface area contributed by atoms with Gasteiger partial charge in [0.2, 0.25) is 0 Å². The number of allylic oxidation sites excluding steroid dienone is 1. The molecule has 0 unspecified atom stereocenters. The van der Waals surface area contributed by atoms with E-state index in [0.29, 0.717) is 4.48 Å². The van der Waals surface area contributed by atoms with Crippen LogP contribution in [0.3, 0.4) is 0 Å². The van der Waals surface area contributed by atoms with Gasteiger partial charge < -0.3 is 0 Å². The van der Waals surface area contributed by atoms with E-state index in [4.69, 9.17) is 5.26 Å². The molecule has 0 saturated carbocycles. The van der Waals surface area contributed by atoms with Gasteiger partial charge in [0.05, 0.1) is 0 Å². The van der Waals surface area contributed by atoms with Gasteiger partial charge in [0.25, 0.3) is 0 Å². The first-order chi connectivity index (χ1) is 8.72. The van der Waals surface area contributed by atoms with E-state index in [0.717, 1.165) is 16.7 Å². The summed E-state index contributed by atoms with van der Waals surface area (Å²) in [6, 6.07) is 20.3. The van der Waals surface area contributed by atoms with Crippen LogP contribution < -0.4 is 0 Å². The average Bonchev–Trinajstić information content (AvgIpc) is 2.42. The highest BCUT2D eigenvalue weighted by Gasteiger charge is 2.09. The Hall–Kier alpha value is -1.85. The number of rotatable bonds is 2. The fraction of sp³-hybridized carbons (Fsp3) is 0.0625. The topological polar surface area (TPSA) is 23.8 Å². The van der Waals surface area contributed by atoms with Crippen molar-refractivity contribution < 1.29 is 0 Å². The summed E-state index contributed by atoms with van der Waals surface area (Å²) in [5.41, 5.74) is 4.22. The maximum Gasteiger partial charge on any atom is 0.107 e. The van der Waals surface area contributed by atoms with E-state index < -0.39 is 0 Å². The van der Waals surface area contributed by atoms with Crippen molar-refractivity contribution >= 4 is 21.5 Å². The lowest BCUT2D eigenvalue weighted by molar-refractivity contribution is 1.44. The molecule has 18 heavy (non-hydrogen) atoms. The molecule has 0 aliphatic carbocycles. The van der Waals surface area contributed by atoms with E-state index >= 15 is 0 Å². The number of aryl methyl sites for hydroxylation is 1. The summed E-state index contributed by atoms with van der Waals surface area (Å²) in [7, 11) is 0. The molecule has 0 fully saturated rings. The molecule has 2 aromatic rings. The van der Waals surface area contributed by atoms with Crippen LogP contribution >= 0.6 is 15.9 Å². The molecule has 0 saturated heterocycles. The van der Waals surface area contributed by atoms with E-state index in [1.54, 1.807) is 0 Å². The Bertz CT molecular complexity index is 604. The van der Waals surface area contributed by atoms with Crippen molar-refractivity contribution in [3.8, 4) is 6.07 Å². The third-order valence-corrected chi connectivity index (χ3v) is 3.29. The lowest BCUT2D eigenvalue weighted by atomic mass is 9.97. The Morgan fingerprint density at radius 2 is 1.50 bits per heavy atom. The number of hydrogen-bond donors (Lipinski definition) is 0. The van der Waals surface area contributed by atoms with E-state index in [2.05, 4.69) is 41.1 Å². The number of benzene rings is 2. The summed E-state index contributed by atoms with van der Waals surface area (Å²) < 4.78 is 0.553. The smallest absolute Gasteiger partial charge is 0.107 e. The minimum Gasteiger partial charge on any atom is -0.192 e. The average molecular weight is 298 g/mol. The third kappa shape index (κ3) is 2.69. The number of nitrogens with zero attached hydrogens (tertiary/aromatic N) is 1. The second kappa shape index (κ2) is 5.66. The summed E-state index contributed by atoms with van der Waals surface area (Å²) >= 11 is 3.35. The molecular formula is C16H12BrN. The highest BCUT2D eigenvalue weighted by Crippen LogP contribution is 2.29. The van der Waals surface area contributed by atoms with Crippen LogP contribution in [-0.4, -0.2) is 0 Å². The predicted octanol–water partition coefficient (Wildman–Crippen LogP) is 4.67. The largest absolute Gasteiger partial charge is 0.192 e. The first-order valence-electron chi connectivity index (χ1n) is 5.64. The summed E-state index contributed by atoms with van der Waals surface area (Å²) in [5.74, 6) is 0. The van der Waals surface area contributed by atoms with Gasteiger partial charge in [-0.05, 0) is 34.0 Å². The van der Waals surface area contributed by atoms with Gasteiger partial charge in [-0.15, -0.1) is 0 Å². The highest BCUT2D eigenvalue weighted by atomic mass is 79.9. The Kier molecular flexibility index (Phi) is 3.96. The van der Waals surface area contributed by atoms with Gasteiger partial charge in [-0.3, -0.25) is 0 Å². The maximum atomic E-state index is 9.13. The van der Waals surface area contributed by atoms with Crippen LogP contribution in [0.25, 0.3) is 5.57 Å². The van der Waals surface area contributed by atoms with Crippen molar-refractivity contribution in [3.63, 3.8) is 0 Å². The van der Waals surface area contributed by atoms with Crippen molar-refractivity contribution in [2.45, 2.75) is 6.92 Å². The van der Waals surface area contributed by atoms with Crippen LogP contribution in [0.1, 0.15) is 16.7 Å². The fourth-order valence-corrected chi connectivity index (χ4v) is 2.26. The number of nitriles is 1. The third-order valence-electron chi connectivity index (χ3n) is 2.72. The molecule has 0 radical (unpaired) electrons. The highest BCUT2D eigenvalue weighted by molar-refractivity contribution is 9.12. The van der Waals surface area contributed by atoms with Gasteiger partial charge in [0.15, 0.2) is 0 Å². The van der Waals surface area contributed by atoms with Gasteiger partial charge in [-0.2, -0.15) is 5.26 Å². The molecule has 0 spiro atoms. The van der Waals surface area contributed by atoms with E-state index in [1.165, 1.54) is 5.56 Å². The molecule has 0 aliphatic rings. The molecule has 0 bridgehead atoms. The summed E-state index contributed by atoms with van der Waals surface area (Å²) in [5, 5.41) is 9.13. The molecular weight excluding hydrogens is 286 g/mol. The van der Waals surface area contributed by atoms with Crippen molar-refractivity contribution in [1.29, 1.82) is 5.26 Å². The Morgan fingerprint density at radius 1 is 0.944 bits per heavy atom. The number of halogens is 1. The fourth-order valence-electron chi connectivity index (χ4n) is 1.80. The standard InChI is InChI=1S/C16H12BrN/c1-12-7-9-14(10-8-12)16(15(17)11-18)13-5-3-2-4-6-13/h2-10H,1H3/b16-15+. The van der Waals surface area contributed by atoms with Gasteiger partial charge in [0, 0.05) is 5.57 Å². The van der Waals surface area contributed by atoms with Gasteiger partial charge >= 0.3 is 0 Å². The lowest BCUT2D eigenvalue weighted by Crippen LogP contribution is -1.90. The lowest BCUT2D eigenvalue weighted by Gasteiger charge is -2.09. The van der Waals surface area contributed by atoms with Crippen molar-refractivity contribution in [2.24, 2.45) is 0 Å². The van der Waals surface area contributed by atoms with Crippen LogP contribution in [0.5, 0.6) is 0 Å². The molecule has 2 aromatic carbocycles. The summed E-state index contributed by atoms with van der Waals surface area (Å²) in [6.07, 6.45) is 0. The Labute approximate surface area is 116 Å². The van der Waals surface area contributed by atoms with Gasteiger partial charge in [0.1, 0.15) is 10.6 Å². The normalized spacial score (nSPS) is 11.6. The molecule has 1 nitrogen and oxygen atoms in total. The quantitative estimate of drug-likeness (QED) is 0.739. The first-order valence-corrected chi connectivity index (χ1v) is 6.44. The van der Waals surface area contributed by atoms with Gasteiger partial charge in [-0.1, -0.05) is 60.2 Å². The minimum absolute atomic E-state index is 0.553. The zero-order valence-electron chi connectivity index (χ0n) is 10.0. The molecule has 0 atom stereocenters. The summed E-state index contributed by atoms with van der Waals surface area (Å²) in [4.78, 5) is 0. The van der Waals surface area contributed by atoms with Crippen LogP contribution in [0, 0.1) is 18.3 Å². The molecule has 0 heterocycles. The van der Waals surface area contributed by atoms with Gasteiger partial charge in [-0.25, -0.2) is 0 Å². The van der Waals surface area contributed by atoms with E-state index in [9.17, 15) is 0 Å². The Balaban J connectivity index is 2.60. The first kappa shape index (κ1) is 12.6. The summed E-state index contributed by atoms with van der Waals surface area (Å²) in [6.45, 7) is 2.05. The molecule has 0 aliphatic heterocycles. The van der Waals surface area contributed by atoms with Crippen LogP contribution in [-0.2, 0) is 0 Å². The molecule has 2 rings (SSSR count). The minimum atomic E-state index is 0.553. The molecule has 88 valence electrons. The van der Waals surface area contributed by atoms with Crippen LogP contribution in [0.2, 0.25) is 0 Å². The van der Waals surface area contributed by atoms with Crippen LogP contribution in [0.15, 0.2) is 59.1 Å². The molecule has 2 heteroatoms. The second-order valence-corrected chi connectivity index (χ2v) is 4.83. The predicted molar refractivity (Wildman–Crippen MR) is 78.2 cm³/mol. The zero-order chi connectivity index (χ0) is 13.0. The van der Waals surface area contributed by atoms with Crippen LogP contribution in [0.4, 0.5) is 0 Å². The second-order valence-electron chi connectivity index (χ2n) is 4.03. The zero-order valence-corrected chi connectivity index (χ0v) is 11.6. The SMILES string of the molecule is Cc1ccc(/C(=C(/Br)C#N)c2ccccc2)cc1. The van der Waals surface area contributed by atoms with Crippen molar-refractivity contribution in [1.82, 2.24) is 0 Å². The molecule has 0 amide bonds. The van der Waals surface area contributed by atoms with E-state index in [1.807, 2.05) is 42.5 Å². The maximum absolute atomic E-state index is 9.13. The number of hydrogen-bond acceptors (Lipinski definition) is 1. The van der Waals surface area contributed by atoms with E-state index in [-0.39, 0.29) is 0 Å².